The maximum absolute atomic E-state index is 14.2. The number of hydrogen-bond donors (Lipinski definition) is 3. The molecule has 3 N–H and O–H groups in total. The number of H-pyrrole nitrogens is 1. The van der Waals surface area contributed by atoms with Crippen LogP contribution in [0.15, 0.2) is 65.8 Å². The first kappa shape index (κ1) is 41.7. The molecular formula is C52H59N7O6. The summed E-state index contributed by atoms with van der Waals surface area (Å²) in [6.07, 6.45) is 9.70. The van der Waals surface area contributed by atoms with Crippen LogP contribution < -0.4 is 10.6 Å². The number of benzene rings is 3. The third-order valence-electron chi connectivity index (χ3n) is 16.1. The molecule has 65 heavy (non-hydrogen) atoms. The number of methoxy groups -OCH3 is 2. The number of imidazole rings is 1. The standard InChI is InChI=1S/C52H59N7O6/c1-27(2)43(56-49(62)64-5)47(60)58-26-51(15-16-51)24-42(58)46-53-25-41(55-46)31-9-13-36-35-12-8-30(21-37(35)52(17-18-52)38(36)22-31)29-10-14-39-33(19-29)23-40(54-39)45-32-7-11-34(20-32)59(45)48(61)44(28(3)4)57-50(63)65-6/h8-10,12-14,19,21-22,25,27-28,32,34,42-45H,7,11,15-18,20,23-24,26H2,1-6H3,(H,53,55)(H,56,62)(H,57,63)/t32-,34+,42-,43-,44-,45-/m0/s1. The predicted octanol–water partition coefficient (Wildman–Crippen LogP) is 8.63. The van der Waals surface area contributed by atoms with Gasteiger partial charge in [-0.3, -0.25) is 14.6 Å². The molecule has 13 heteroatoms. The predicted molar refractivity (Wildman–Crippen MR) is 247 cm³/mol. The van der Waals surface area contributed by atoms with Crippen molar-refractivity contribution in [3.05, 3.63) is 83.3 Å². The zero-order valence-corrected chi connectivity index (χ0v) is 38.2. The number of aromatic amines is 1. The Morgan fingerprint density at radius 2 is 1.42 bits per heavy atom. The van der Waals surface area contributed by atoms with Crippen LogP contribution in [0.4, 0.5) is 15.3 Å². The van der Waals surface area contributed by atoms with Gasteiger partial charge in [0.15, 0.2) is 0 Å². The second kappa shape index (κ2) is 15.3. The summed E-state index contributed by atoms with van der Waals surface area (Å²) in [5.41, 5.74) is 13.0. The van der Waals surface area contributed by atoms with Crippen molar-refractivity contribution in [2.75, 3.05) is 20.8 Å². The van der Waals surface area contributed by atoms with Crippen molar-refractivity contribution < 1.29 is 28.7 Å². The number of rotatable bonds is 10. The molecule has 4 amide bonds. The van der Waals surface area contributed by atoms with Crippen molar-refractivity contribution in [3.63, 3.8) is 0 Å². The van der Waals surface area contributed by atoms with Gasteiger partial charge in [-0.1, -0.05) is 58.0 Å². The molecule has 338 valence electrons. The van der Waals surface area contributed by atoms with E-state index in [1.165, 1.54) is 47.6 Å². The van der Waals surface area contributed by atoms with E-state index >= 15 is 0 Å². The van der Waals surface area contributed by atoms with Crippen LogP contribution in [0.1, 0.15) is 108 Å². The Balaban J connectivity index is 0.821. The van der Waals surface area contributed by atoms with Gasteiger partial charge in [-0.05, 0) is 143 Å². The first-order valence-electron chi connectivity index (χ1n) is 23.7. The van der Waals surface area contributed by atoms with E-state index in [-0.39, 0.29) is 52.6 Å². The Morgan fingerprint density at radius 1 is 0.785 bits per heavy atom. The van der Waals surface area contributed by atoms with E-state index in [1.807, 2.05) is 38.8 Å². The highest BCUT2D eigenvalue weighted by Crippen LogP contribution is 2.64. The molecule has 6 atom stereocenters. The van der Waals surface area contributed by atoms with Crippen molar-refractivity contribution in [3.8, 4) is 33.5 Å². The lowest BCUT2D eigenvalue weighted by Gasteiger charge is -2.38. The maximum atomic E-state index is 14.2. The summed E-state index contributed by atoms with van der Waals surface area (Å²) in [7, 11) is 2.65. The molecule has 2 bridgehead atoms. The van der Waals surface area contributed by atoms with Gasteiger partial charge in [0.25, 0.3) is 0 Å². The Kier molecular flexibility index (Phi) is 9.82. The maximum Gasteiger partial charge on any atom is 0.407 e. The van der Waals surface area contributed by atoms with Gasteiger partial charge >= 0.3 is 12.2 Å². The molecular weight excluding hydrogens is 819 g/mol. The molecule has 3 aliphatic heterocycles. The minimum atomic E-state index is -0.684. The zero-order chi connectivity index (χ0) is 45.1. The number of fused-ring (bicyclic) bond motifs is 8. The molecule has 0 unspecified atom stereocenters. The smallest absolute Gasteiger partial charge is 0.407 e. The Morgan fingerprint density at radius 3 is 2.06 bits per heavy atom. The van der Waals surface area contributed by atoms with E-state index in [9.17, 15) is 19.2 Å². The molecule has 3 aromatic carbocycles. The summed E-state index contributed by atoms with van der Waals surface area (Å²) in [6.45, 7) is 8.47. The normalized spacial score (nSPS) is 24.2. The molecule has 13 nitrogen and oxygen atoms in total. The third kappa shape index (κ3) is 6.85. The average molecular weight is 878 g/mol. The largest absolute Gasteiger partial charge is 0.453 e. The van der Waals surface area contributed by atoms with Gasteiger partial charge in [0.1, 0.15) is 17.9 Å². The average Bonchev–Trinajstić information content (AvgIpc) is 3.74. The van der Waals surface area contributed by atoms with Crippen LogP contribution in [-0.4, -0.2) is 94.4 Å². The van der Waals surface area contributed by atoms with E-state index < -0.39 is 24.3 Å². The van der Waals surface area contributed by atoms with Crippen LogP contribution in [0.2, 0.25) is 0 Å². The summed E-state index contributed by atoms with van der Waals surface area (Å²) in [5.74, 6) is 0.834. The molecule has 5 fully saturated rings. The van der Waals surface area contributed by atoms with Crippen LogP contribution in [0.3, 0.4) is 0 Å². The zero-order valence-electron chi connectivity index (χ0n) is 38.2. The van der Waals surface area contributed by atoms with Gasteiger partial charge in [-0.25, -0.2) is 14.6 Å². The number of amides is 4. The summed E-state index contributed by atoms with van der Waals surface area (Å²) in [4.78, 5) is 70.4. The molecule has 0 radical (unpaired) electrons. The lowest BCUT2D eigenvalue weighted by Crippen LogP contribution is -2.57. The summed E-state index contributed by atoms with van der Waals surface area (Å²) in [6, 6.07) is 18.9. The second-order valence-electron chi connectivity index (χ2n) is 20.7. The van der Waals surface area contributed by atoms with Gasteiger partial charge < -0.3 is 34.9 Å². The Bertz CT molecular complexity index is 2680. The van der Waals surface area contributed by atoms with Gasteiger partial charge in [0, 0.05) is 30.1 Å². The van der Waals surface area contributed by atoms with Gasteiger partial charge in [-0.15, -0.1) is 0 Å². The van der Waals surface area contributed by atoms with E-state index in [2.05, 4.69) is 75.1 Å². The van der Waals surface area contributed by atoms with E-state index in [4.69, 9.17) is 19.5 Å². The molecule has 7 aliphatic rings. The monoisotopic (exact) mass is 877 g/mol. The molecule has 1 aromatic heterocycles. The molecule has 11 rings (SSSR count). The number of nitrogens with one attached hydrogen (secondary N) is 3. The van der Waals surface area contributed by atoms with Gasteiger partial charge in [0.05, 0.1) is 43.9 Å². The number of aliphatic imine (C=N–C) groups is 1. The van der Waals surface area contributed by atoms with Gasteiger partial charge in [0.2, 0.25) is 11.8 Å². The van der Waals surface area contributed by atoms with Crippen LogP contribution >= 0.6 is 0 Å². The van der Waals surface area contributed by atoms with Crippen molar-refractivity contribution >= 4 is 35.4 Å². The number of alkyl carbamates (subject to hydrolysis) is 2. The SMILES string of the molecule is COC(=O)N[C@H](C(=O)N1CC2(CC2)C[C@H]1c1ncc(-c2ccc3c(c2)C2(CC2)c2cc(-c4ccc5c(c4)CC([C@@H]4[C@H]6CC[C@H](C6)N4C(=O)[C@@H](NC(=O)OC)C(C)C)=N5)ccc2-3)[nH]1)C(C)C. The van der Waals surface area contributed by atoms with E-state index in [1.54, 1.807) is 0 Å². The first-order chi connectivity index (χ1) is 31.3. The molecule has 2 spiro atoms. The van der Waals surface area contributed by atoms with Crippen LogP contribution in [0.5, 0.6) is 0 Å². The highest BCUT2D eigenvalue weighted by molar-refractivity contribution is 6.02. The number of likely N-dealkylation sites (tertiary alicyclic amines) is 2. The van der Waals surface area contributed by atoms with Crippen molar-refractivity contribution in [2.24, 2.45) is 28.2 Å². The summed E-state index contributed by atoms with van der Waals surface area (Å²) >= 11 is 0. The highest BCUT2D eigenvalue weighted by Gasteiger charge is 2.56. The van der Waals surface area contributed by atoms with E-state index in [0.29, 0.717) is 18.9 Å². The number of aromatic nitrogens is 2. The number of carbonyl (C=O) groups excluding carboxylic acids is 4. The minimum Gasteiger partial charge on any atom is -0.453 e. The van der Waals surface area contributed by atoms with Crippen molar-refractivity contribution in [1.82, 2.24) is 30.4 Å². The van der Waals surface area contributed by atoms with Crippen LogP contribution in [-0.2, 0) is 30.9 Å². The minimum absolute atomic E-state index is 0.0214. The number of ether oxygens (including phenoxy) is 2. The van der Waals surface area contributed by atoms with Crippen molar-refractivity contribution in [1.29, 1.82) is 0 Å². The second-order valence-corrected chi connectivity index (χ2v) is 20.7. The number of carbonyl (C=O) groups is 4. The molecule has 4 aromatic rings. The molecule has 4 heterocycles. The number of piperidine rings is 1. The lowest BCUT2D eigenvalue weighted by molar-refractivity contribution is -0.137. The number of nitrogens with zero attached hydrogens (tertiary/aromatic N) is 4. The quantitative estimate of drug-likeness (QED) is 0.144. The fraction of sp³-hybridized carbons (Fsp3) is 0.500. The molecule has 4 aliphatic carbocycles. The van der Waals surface area contributed by atoms with Gasteiger partial charge in [-0.2, -0.15) is 0 Å². The van der Waals surface area contributed by atoms with E-state index in [0.717, 1.165) is 85.4 Å². The number of hydrogen-bond acceptors (Lipinski definition) is 8. The highest BCUT2D eigenvalue weighted by atomic mass is 16.5. The fourth-order valence-corrected chi connectivity index (χ4v) is 12.3. The third-order valence-corrected chi connectivity index (χ3v) is 16.1. The van der Waals surface area contributed by atoms with Crippen molar-refractivity contribution in [2.45, 2.75) is 121 Å². The Hall–Kier alpha value is -5.98. The lowest BCUT2D eigenvalue weighted by atomic mass is 9.89. The Labute approximate surface area is 380 Å². The molecule has 2 saturated heterocycles. The topological polar surface area (TPSA) is 158 Å². The van der Waals surface area contributed by atoms with Crippen LogP contribution in [0.25, 0.3) is 33.5 Å². The molecule has 3 saturated carbocycles. The fourth-order valence-electron chi connectivity index (χ4n) is 12.3. The first-order valence-corrected chi connectivity index (χ1v) is 23.7. The summed E-state index contributed by atoms with van der Waals surface area (Å²) in [5, 5.41) is 5.59. The summed E-state index contributed by atoms with van der Waals surface area (Å²) < 4.78 is 9.74. The van der Waals surface area contributed by atoms with Crippen LogP contribution in [0, 0.1) is 23.2 Å².